The molecule has 2 aromatic carbocycles. The Bertz CT molecular complexity index is 973. The predicted octanol–water partition coefficient (Wildman–Crippen LogP) is 4.27. The summed E-state index contributed by atoms with van der Waals surface area (Å²) >= 11 is 0. The number of ether oxygens (including phenoxy) is 2. The molecule has 0 saturated carbocycles. The second-order valence-electron chi connectivity index (χ2n) is 6.29. The van der Waals surface area contributed by atoms with Crippen molar-refractivity contribution in [1.29, 1.82) is 0 Å². The Morgan fingerprint density at radius 2 is 1.89 bits per heavy atom. The van der Waals surface area contributed by atoms with E-state index in [4.69, 9.17) is 9.47 Å². The van der Waals surface area contributed by atoms with E-state index in [9.17, 15) is 4.79 Å². The summed E-state index contributed by atoms with van der Waals surface area (Å²) in [6.45, 7) is 2.72. The second-order valence-corrected chi connectivity index (χ2v) is 6.29. The smallest absolute Gasteiger partial charge is 0.274 e. The third kappa shape index (κ3) is 4.79. The number of anilines is 2. The fourth-order valence-electron chi connectivity index (χ4n) is 2.79. The van der Waals surface area contributed by atoms with Gasteiger partial charge in [-0.3, -0.25) is 9.78 Å². The molecule has 0 aliphatic heterocycles. The van der Waals surface area contributed by atoms with Crippen LogP contribution >= 0.6 is 0 Å². The van der Waals surface area contributed by atoms with Crippen molar-refractivity contribution >= 4 is 17.3 Å². The number of nitrogens with zero attached hydrogens (tertiary/aromatic N) is 1. The molecule has 1 heterocycles. The molecule has 0 saturated heterocycles. The van der Waals surface area contributed by atoms with Gasteiger partial charge in [0.1, 0.15) is 17.2 Å². The number of carbonyl (C=O) groups excluding carboxylic acids is 1. The zero-order valence-electron chi connectivity index (χ0n) is 16.2. The maximum Gasteiger partial charge on any atom is 0.274 e. The van der Waals surface area contributed by atoms with E-state index in [-0.39, 0.29) is 5.91 Å². The van der Waals surface area contributed by atoms with E-state index in [0.29, 0.717) is 29.4 Å². The van der Waals surface area contributed by atoms with Gasteiger partial charge >= 0.3 is 0 Å². The fraction of sp³-hybridized carbons (Fsp3) is 0.182. The van der Waals surface area contributed by atoms with E-state index >= 15 is 0 Å². The lowest BCUT2D eigenvalue weighted by molar-refractivity contribution is 0.102. The van der Waals surface area contributed by atoms with Crippen molar-refractivity contribution in [3.63, 3.8) is 0 Å². The Morgan fingerprint density at radius 3 is 2.64 bits per heavy atom. The second kappa shape index (κ2) is 8.90. The summed E-state index contributed by atoms with van der Waals surface area (Å²) in [5, 5.41) is 6.15. The van der Waals surface area contributed by atoms with Crippen LogP contribution in [0.25, 0.3) is 0 Å². The summed E-state index contributed by atoms with van der Waals surface area (Å²) < 4.78 is 10.5. The summed E-state index contributed by atoms with van der Waals surface area (Å²) in [4.78, 5) is 16.8. The molecule has 0 unspecified atom stereocenters. The molecule has 0 radical (unpaired) electrons. The number of nitrogens with one attached hydrogen (secondary N) is 2. The minimum Gasteiger partial charge on any atom is -0.497 e. The molecule has 0 aliphatic carbocycles. The molecule has 1 aromatic heterocycles. The van der Waals surface area contributed by atoms with Crippen molar-refractivity contribution in [2.24, 2.45) is 0 Å². The summed E-state index contributed by atoms with van der Waals surface area (Å²) in [5.74, 6) is 0.839. The number of methoxy groups -OCH3 is 2. The molecule has 144 valence electrons. The van der Waals surface area contributed by atoms with Crippen LogP contribution in [-0.2, 0) is 6.54 Å². The van der Waals surface area contributed by atoms with Crippen LogP contribution in [0.3, 0.4) is 0 Å². The topological polar surface area (TPSA) is 72.5 Å². The number of benzene rings is 2. The third-order valence-corrected chi connectivity index (χ3v) is 4.23. The number of amides is 1. The average Bonchev–Trinajstić information content (AvgIpc) is 2.72. The highest BCUT2D eigenvalue weighted by atomic mass is 16.5. The lowest BCUT2D eigenvalue weighted by atomic mass is 10.1. The van der Waals surface area contributed by atoms with E-state index < -0.39 is 0 Å². The van der Waals surface area contributed by atoms with Gasteiger partial charge in [-0.2, -0.15) is 0 Å². The first-order valence-electron chi connectivity index (χ1n) is 8.88. The monoisotopic (exact) mass is 377 g/mol. The SMILES string of the molecule is COc1ccc(OC)c(NC(=O)c2cc(NCc3cccc(C)c3)ccn2)c1. The maximum absolute atomic E-state index is 12.7. The maximum atomic E-state index is 12.7. The number of hydrogen-bond acceptors (Lipinski definition) is 5. The lowest BCUT2D eigenvalue weighted by Gasteiger charge is -2.12. The molecule has 0 aliphatic rings. The normalized spacial score (nSPS) is 10.2. The lowest BCUT2D eigenvalue weighted by Crippen LogP contribution is -2.15. The first kappa shape index (κ1) is 19.2. The van der Waals surface area contributed by atoms with E-state index in [1.54, 1.807) is 44.7 Å². The Kier molecular flexibility index (Phi) is 6.11. The highest BCUT2D eigenvalue weighted by Crippen LogP contribution is 2.29. The van der Waals surface area contributed by atoms with Gasteiger partial charge in [-0.05, 0) is 36.8 Å². The van der Waals surface area contributed by atoms with Gasteiger partial charge in [-0.15, -0.1) is 0 Å². The number of pyridine rings is 1. The molecule has 0 spiro atoms. The summed E-state index contributed by atoms with van der Waals surface area (Å²) in [6.07, 6.45) is 1.61. The highest BCUT2D eigenvalue weighted by molar-refractivity contribution is 6.04. The van der Waals surface area contributed by atoms with E-state index in [1.807, 2.05) is 12.1 Å². The van der Waals surface area contributed by atoms with Gasteiger partial charge in [-0.1, -0.05) is 29.8 Å². The minimum absolute atomic E-state index is 0.305. The molecule has 3 rings (SSSR count). The molecule has 0 atom stereocenters. The first-order chi connectivity index (χ1) is 13.6. The first-order valence-corrected chi connectivity index (χ1v) is 8.88. The van der Waals surface area contributed by atoms with E-state index in [2.05, 4.69) is 40.7 Å². The van der Waals surface area contributed by atoms with Gasteiger partial charge in [0.15, 0.2) is 0 Å². The van der Waals surface area contributed by atoms with Gasteiger partial charge in [0, 0.05) is 24.5 Å². The van der Waals surface area contributed by atoms with Crippen LogP contribution in [0, 0.1) is 6.92 Å². The molecule has 0 bridgehead atoms. The van der Waals surface area contributed by atoms with Crippen LogP contribution in [0.5, 0.6) is 11.5 Å². The fourth-order valence-corrected chi connectivity index (χ4v) is 2.79. The zero-order valence-corrected chi connectivity index (χ0v) is 16.2. The standard InChI is InChI=1S/C22H23N3O3/c1-15-5-4-6-16(11-15)14-24-17-9-10-23-20(12-17)22(26)25-19-13-18(27-2)7-8-21(19)28-3/h4-13H,14H2,1-3H3,(H,23,24)(H,25,26). The van der Waals surface area contributed by atoms with Crippen LogP contribution in [-0.4, -0.2) is 25.1 Å². The Labute approximate surface area is 164 Å². The van der Waals surface area contributed by atoms with Gasteiger partial charge in [0.25, 0.3) is 5.91 Å². The Hall–Kier alpha value is -3.54. The number of rotatable bonds is 7. The Balaban J connectivity index is 1.72. The number of carbonyl (C=O) groups is 1. The molecule has 28 heavy (non-hydrogen) atoms. The molecule has 2 N–H and O–H groups in total. The number of aryl methyl sites for hydroxylation is 1. The molecule has 6 heteroatoms. The van der Waals surface area contributed by atoms with Crippen LogP contribution in [0.2, 0.25) is 0 Å². The van der Waals surface area contributed by atoms with Crippen LogP contribution in [0.15, 0.2) is 60.8 Å². The summed E-state index contributed by atoms with van der Waals surface area (Å²) in [5.41, 5.74) is 4.02. The molecule has 3 aromatic rings. The summed E-state index contributed by atoms with van der Waals surface area (Å²) in [7, 11) is 3.11. The van der Waals surface area contributed by atoms with Crippen molar-refractivity contribution in [2.45, 2.75) is 13.5 Å². The average molecular weight is 377 g/mol. The molecular weight excluding hydrogens is 354 g/mol. The molecular formula is C22H23N3O3. The van der Waals surface area contributed by atoms with E-state index in [1.165, 1.54) is 11.1 Å². The largest absolute Gasteiger partial charge is 0.497 e. The van der Waals surface area contributed by atoms with Crippen molar-refractivity contribution in [3.8, 4) is 11.5 Å². The third-order valence-electron chi connectivity index (χ3n) is 4.23. The highest BCUT2D eigenvalue weighted by Gasteiger charge is 2.12. The van der Waals surface area contributed by atoms with Gasteiger partial charge in [0.2, 0.25) is 0 Å². The van der Waals surface area contributed by atoms with Gasteiger partial charge < -0.3 is 20.1 Å². The molecule has 1 amide bonds. The van der Waals surface area contributed by atoms with E-state index in [0.717, 1.165) is 5.69 Å². The number of hydrogen-bond donors (Lipinski definition) is 2. The number of aromatic nitrogens is 1. The molecule has 0 fully saturated rings. The van der Waals surface area contributed by atoms with Gasteiger partial charge in [-0.25, -0.2) is 0 Å². The van der Waals surface area contributed by atoms with Crippen LogP contribution in [0.1, 0.15) is 21.6 Å². The van der Waals surface area contributed by atoms with Crippen LogP contribution in [0.4, 0.5) is 11.4 Å². The zero-order chi connectivity index (χ0) is 19.9. The quantitative estimate of drug-likeness (QED) is 0.643. The summed E-state index contributed by atoms with van der Waals surface area (Å²) in [6, 6.07) is 17.0. The van der Waals surface area contributed by atoms with Crippen LogP contribution < -0.4 is 20.1 Å². The minimum atomic E-state index is -0.328. The van der Waals surface area contributed by atoms with Crippen molar-refractivity contribution in [1.82, 2.24) is 4.98 Å². The van der Waals surface area contributed by atoms with Crippen molar-refractivity contribution in [3.05, 3.63) is 77.6 Å². The van der Waals surface area contributed by atoms with Crippen molar-refractivity contribution < 1.29 is 14.3 Å². The van der Waals surface area contributed by atoms with Crippen molar-refractivity contribution in [2.75, 3.05) is 24.9 Å². The molecule has 6 nitrogen and oxygen atoms in total. The predicted molar refractivity (Wildman–Crippen MR) is 110 cm³/mol. The Morgan fingerprint density at radius 1 is 1.04 bits per heavy atom. The van der Waals surface area contributed by atoms with Gasteiger partial charge in [0.05, 0.1) is 19.9 Å².